The third kappa shape index (κ3) is 1.45. The van der Waals surface area contributed by atoms with Crippen LogP contribution in [0.25, 0.3) is 10.9 Å². The van der Waals surface area contributed by atoms with E-state index in [-0.39, 0.29) is 0 Å². The molecule has 2 aromatic rings. The van der Waals surface area contributed by atoms with Crippen LogP contribution in [0.15, 0.2) is 30.5 Å². The first-order valence-corrected chi connectivity index (χ1v) is 5.15. The third-order valence-electron chi connectivity index (χ3n) is 2.64. The second-order valence-corrected chi connectivity index (χ2v) is 3.65. The van der Waals surface area contributed by atoms with Crippen LogP contribution in [0, 0.1) is 0 Å². The number of rotatable bonds is 0. The van der Waals surface area contributed by atoms with Gasteiger partial charge in [0.2, 0.25) is 0 Å². The molecular weight excluding hydrogens is 188 g/mol. The minimum atomic E-state index is 0.723. The van der Waals surface area contributed by atoms with E-state index in [0.717, 1.165) is 41.9 Å². The summed E-state index contributed by atoms with van der Waals surface area (Å²) in [7, 11) is 0. The predicted octanol–water partition coefficient (Wildman–Crippen LogP) is 1.72. The molecule has 0 unspecified atom stereocenters. The molecule has 3 nitrogen and oxygen atoms in total. The van der Waals surface area contributed by atoms with Crippen molar-refractivity contribution in [3.8, 4) is 5.75 Å². The van der Waals surface area contributed by atoms with E-state index in [4.69, 9.17) is 4.74 Å². The quantitative estimate of drug-likeness (QED) is 0.703. The van der Waals surface area contributed by atoms with Crippen molar-refractivity contribution >= 4 is 10.9 Å². The van der Waals surface area contributed by atoms with Crippen LogP contribution in [-0.4, -0.2) is 18.1 Å². The molecule has 0 fully saturated rings. The summed E-state index contributed by atoms with van der Waals surface area (Å²) in [5.74, 6) is 0.991. The summed E-state index contributed by atoms with van der Waals surface area (Å²) in [6, 6.07) is 8.09. The summed E-state index contributed by atoms with van der Waals surface area (Å²) in [4.78, 5) is 4.42. The number of hydrogen-bond donors (Lipinski definition) is 1. The molecule has 0 saturated carbocycles. The number of nitrogens with one attached hydrogen (secondary N) is 1. The Kier molecular flexibility index (Phi) is 2.03. The standard InChI is InChI=1S/C12H12N2O/c1-2-4-11-10(3-1)12-9(8-14-11)7-13-5-6-15-12/h1-4,8,13H,5-7H2. The first-order valence-electron chi connectivity index (χ1n) is 5.15. The van der Waals surface area contributed by atoms with E-state index in [2.05, 4.69) is 16.4 Å². The molecule has 1 aliphatic rings. The monoisotopic (exact) mass is 200 g/mol. The normalized spacial score (nSPS) is 15.5. The van der Waals surface area contributed by atoms with Gasteiger partial charge in [0, 0.05) is 30.2 Å². The zero-order valence-electron chi connectivity index (χ0n) is 8.36. The van der Waals surface area contributed by atoms with Gasteiger partial charge < -0.3 is 10.1 Å². The van der Waals surface area contributed by atoms with E-state index in [1.165, 1.54) is 0 Å². The molecule has 1 aromatic heterocycles. The maximum absolute atomic E-state index is 5.76. The van der Waals surface area contributed by atoms with Gasteiger partial charge in [-0.15, -0.1) is 0 Å². The van der Waals surface area contributed by atoms with Gasteiger partial charge in [0.25, 0.3) is 0 Å². The summed E-state index contributed by atoms with van der Waals surface area (Å²) in [5.41, 5.74) is 2.14. The molecule has 1 aromatic carbocycles. The number of hydrogen-bond acceptors (Lipinski definition) is 3. The molecule has 0 atom stereocenters. The van der Waals surface area contributed by atoms with Crippen LogP contribution in [0.4, 0.5) is 0 Å². The molecule has 3 rings (SSSR count). The molecule has 1 aliphatic heterocycles. The van der Waals surface area contributed by atoms with Crippen molar-refractivity contribution in [1.29, 1.82) is 0 Å². The highest BCUT2D eigenvalue weighted by Gasteiger charge is 2.12. The Morgan fingerprint density at radius 1 is 1.27 bits per heavy atom. The second kappa shape index (κ2) is 3.51. The van der Waals surface area contributed by atoms with Crippen LogP contribution in [0.3, 0.4) is 0 Å². The maximum atomic E-state index is 5.76. The molecule has 15 heavy (non-hydrogen) atoms. The number of aromatic nitrogens is 1. The molecule has 1 N–H and O–H groups in total. The van der Waals surface area contributed by atoms with Crippen molar-refractivity contribution in [3.05, 3.63) is 36.0 Å². The van der Waals surface area contributed by atoms with E-state index in [1.54, 1.807) is 0 Å². The first kappa shape index (κ1) is 8.68. The molecule has 0 spiro atoms. The van der Waals surface area contributed by atoms with Gasteiger partial charge in [-0.05, 0) is 12.1 Å². The number of ether oxygens (including phenoxy) is 1. The lowest BCUT2D eigenvalue weighted by molar-refractivity contribution is 0.329. The van der Waals surface area contributed by atoms with Gasteiger partial charge in [0.15, 0.2) is 0 Å². The molecule has 0 saturated heterocycles. The zero-order valence-corrected chi connectivity index (χ0v) is 8.36. The lowest BCUT2D eigenvalue weighted by atomic mass is 10.1. The average molecular weight is 200 g/mol. The lowest BCUT2D eigenvalue weighted by Crippen LogP contribution is -2.16. The van der Waals surface area contributed by atoms with E-state index in [1.807, 2.05) is 24.4 Å². The molecule has 0 aliphatic carbocycles. The minimum Gasteiger partial charge on any atom is -0.491 e. The lowest BCUT2D eigenvalue weighted by Gasteiger charge is -2.09. The fourth-order valence-electron chi connectivity index (χ4n) is 1.90. The number of para-hydroxylation sites is 1. The molecule has 0 radical (unpaired) electrons. The Morgan fingerprint density at radius 3 is 3.20 bits per heavy atom. The molecule has 3 heteroatoms. The highest BCUT2D eigenvalue weighted by atomic mass is 16.5. The van der Waals surface area contributed by atoms with Gasteiger partial charge in [0.1, 0.15) is 12.4 Å². The fourth-order valence-corrected chi connectivity index (χ4v) is 1.90. The van der Waals surface area contributed by atoms with Gasteiger partial charge in [-0.3, -0.25) is 4.98 Å². The number of nitrogens with zero attached hydrogens (tertiary/aromatic N) is 1. The highest BCUT2D eigenvalue weighted by Crippen LogP contribution is 2.28. The average Bonchev–Trinajstić information content (AvgIpc) is 2.54. The summed E-state index contributed by atoms with van der Waals surface area (Å²) in [6.45, 7) is 2.46. The number of pyridine rings is 1. The summed E-state index contributed by atoms with van der Waals surface area (Å²) < 4.78 is 5.76. The van der Waals surface area contributed by atoms with E-state index >= 15 is 0 Å². The van der Waals surface area contributed by atoms with Crippen molar-refractivity contribution < 1.29 is 4.74 Å². The topological polar surface area (TPSA) is 34.2 Å². The van der Waals surface area contributed by atoms with Gasteiger partial charge >= 0.3 is 0 Å². The van der Waals surface area contributed by atoms with Crippen molar-refractivity contribution in [2.45, 2.75) is 6.54 Å². The van der Waals surface area contributed by atoms with E-state index < -0.39 is 0 Å². The van der Waals surface area contributed by atoms with Crippen molar-refractivity contribution in [1.82, 2.24) is 10.3 Å². The van der Waals surface area contributed by atoms with Crippen LogP contribution in [0.1, 0.15) is 5.56 Å². The summed E-state index contributed by atoms with van der Waals surface area (Å²) in [5, 5.41) is 4.41. The highest BCUT2D eigenvalue weighted by molar-refractivity contribution is 5.86. The van der Waals surface area contributed by atoms with Gasteiger partial charge in [0.05, 0.1) is 5.52 Å². The summed E-state index contributed by atoms with van der Waals surface area (Å²) >= 11 is 0. The minimum absolute atomic E-state index is 0.723. The Hall–Kier alpha value is -1.61. The van der Waals surface area contributed by atoms with Crippen LogP contribution in [-0.2, 0) is 6.54 Å². The van der Waals surface area contributed by atoms with E-state index in [0.29, 0.717) is 0 Å². The zero-order chi connectivity index (χ0) is 10.1. The second-order valence-electron chi connectivity index (χ2n) is 3.65. The molecule has 2 heterocycles. The number of benzene rings is 1. The third-order valence-corrected chi connectivity index (χ3v) is 2.64. The first-order chi connectivity index (χ1) is 7.45. The van der Waals surface area contributed by atoms with Crippen LogP contribution in [0.2, 0.25) is 0 Å². The smallest absolute Gasteiger partial charge is 0.134 e. The Morgan fingerprint density at radius 2 is 2.20 bits per heavy atom. The van der Waals surface area contributed by atoms with E-state index in [9.17, 15) is 0 Å². The Labute approximate surface area is 88.1 Å². The van der Waals surface area contributed by atoms with Crippen molar-refractivity contribution in [2.75, 3.05) is 13.2 Å². The maximum Gasteiger partial charge on any atom is 0.134 e. The van der Waals surface area contributed by atoms with Gasteiger partial charge in [-0.1, -0.05) is 12.1 Å². The molecule has 0 bridgehead atoms. The molecule has 0 amide bonds. The Balaban J connectivity index is 2.27. The van der Waals surface area contributed by atoms with Crippen LogP contribution in [0.5, 0.6) is 5.75 Å². The van der Waals surface area contributed by atoms with Gasteiger partial charge in [-0.25, -0.2) is 0 Å². The molecule has 76 valence electrons. The van der Waals surface area contributed by atoms with Crippen LogP contribution >= 0.6 is 0 Å². The van der Waals surface area contributed by atoms with Crippen molar-refractivity contribution in [3.63, 3.8) is 0 Å². The SMILES string of the molecule is c1ccc2c3c(cnc2c1)CNCCO3. The largest absolute Gasteiger partial charge is 0.491 e. The molecular formula is C12H12N2O. The van der Waals surface area contributed by atoms with Crippen molar-refractivity contribution in [2.24, 2.45) is 0 Å². The number of fused-ring (bicyclic) bond motifs is 3. The Bertz CT molecular complexity index is 496. The van der Waals surface area contributed by atoms with Gasteiger partial charge in [-0.2, -0.15) is 0 Å². The predicted molar refractivity (Wildman–Crippen MR) is 58.9 cm³/mol. The summed E-state index contributed by atoms with van der Waals surface area (Å²) in [6.07, 6.45) is 1.90. The fraction of sp³-hybridized carbons (Fsp3) is 0.250. The van der Waals surface area contributed by atoms with Crippen LogP contribution < -0.4 is 10.1 Å².